The van der Waals surface area contributed by atoms with Gasteiger partial charge in [-0.1, -0.05) is 20.8 Å². The van der Waals surface area contributed by atoms with Gasteiger partial charge in [0.1, 0.15) is 0 Å². The third-order valence-electron chi connectivity index (χ3n) is 3.04. The van der Waals surface area contributed by atoms with Crippen LogP contribution in [0.25, 0.3) is 0 Å². The Labute approximate surface area is 91.0 Å². The Morgan fingerprint density at radius 3 is 2.60 bits per heavy atom. The van der Waals surface area contributed by atoms with Gasteiger partial charge in [-0.2, -0.15) is 0 Å². The summed E-state index contributed by atoms with van der Waals surface area (Å²) in [6.07, 6.45) is 0.427. The molecule has 0 saturated carbocycles. The molecule has 4 nitrogen and oxygen atoms in total. The highest BCUT2D eigenvalue weighted by Gasteiger charge is 2.22. The van der Waals surface area contributed by atoms with E-state index in [1.807, 2.05) is 0 Å². The van der Waals surface area contributed by atoms with E-state index in [0.29, 0.717) is 24.8 Å². The Kier molecular flexibility index (Phi) is 4.12. The van der Waals surface area contributed by atoms with Crippen LogP contribution in [0.3, 0.4) is 0 Å². The lowest BCUT2D eigenvalue weighted by Gasteiger charge is -2.25. The Morgan fingerprint density at radius 2 is 2.00 bits per heavy atom. The highest BCUT2D eigenvalue weighted by atomic mass is 16.2. The molecule has 1 saturated heterocycles. The summed E-state index contributed by atoms with van der Waals surface area (Å²) < 4.78 is 0. The Hall–Kier alpha value is -1.06. The molecule has 1 heterocycles. The van der Waals surface area contributed by atoms with Gasteiger partial charge in [-0.3, -0.25) is 9.59 Å². The summed E-state index contributed by atoms with van der Waals surface area (Å²) in [5.74, 6) is 1.04. The predicted octanol–water partition coefficient (Wildman–Crippen LogP) is 0.627. The van der Waals surface area contributed by atoms with Crippen LogP contribution < -0.4 is 5.32 Å². The predicted molar refractivity (Wildman–Crippen MR) is 58.2 cm³/mol. The zero-order chi connectivity index (χ0) is 11.4. The number of carbonyl (C=O) groups is 2. The van der Waals surface area contributed by atoms with E-state index in [1.54, 1.807) is 4.90 Å². The van der Waals surface area contributed by atoms with Crippen LogP contribution in [0.2, 0.25) is 0 Å². The number of amides is 2. The number of rotatable bonds is 3. The highest BCUT2D eigenvalue weighted by Crippen LogP contribution is 2.12. The van der Waals surface area contributed by atoms with Crippen LogP contribution in [-0.2, 0) is 9.59 Å². The van der Waals surface area contributed by atoms with E-state index in [2.05, 4.69) is 26.1 Å². The number of hydrogen-bond donors (Lipinski definition) is 1. The number of hydrogen-bond acceptors (Lipinski definition) is 2. The quantitative estimate of drug-likeness (QED) is 0.746. The summed E-state index contributed by atoms with van der Waals surface area (Å²) in [6, 6.07) is 0. The van der Waals surface area contributed by atoms with Gasteiger partial charge < -0.3 is 10.2 Å². The molecule has 1 N–H and O–H groups in total. The monoisotopic (exact) mass is 212 g/mol. The summed E-state index contributed by atoms with van der Waals surface area (Å²) in [7, 11) is 0. The SMILES string of the molecule is CC(C)C(C)CN1CCC(=O)NCC1=O. The van der Waals surface area contributed by atoms with E-state index < -0.39 is 0 Å². The molecule has 0 aromatic carbocycles. The minimum absolute atomic E-state index is 0.0250. The fourth-order valence-electron chi connectivity index (χ4n) is 1.49. The second-order valence-corrected chi connectivity index (χ2v) is 4.59. The maximum absolute atomic E-state index is 11.6. The first-order valence-corrected chi connectivity index (χ1v) is 5.55. The molecule has 0 spiro atoms. The molecule has 0 aromatic rings. The van der Waals surface area contributed by atoms with Gasteiger partial charge >= 0.3 is 0 Å². The molecule has 86 valence electrons. The van der Waals surface area contributed by atoms with E-state index >= 15 is 0 Å². The zero-order valence-corrected chi connectivity index (χ0v) is 9.75. The molecule has 1 rings (SSSR count). The molecule has 15 heavy (non-hydrogen) atoms. The molecule has 0 bridgehead atoms. The first kappa shape index (κ1) is 12.0. The third kappa shape index (κ3) is 3.53. The molecular weight excluding hydrogens is 192 g/mol. The van der Waals surface area contributed by atoms with Crippen molar-refractivity contribution < 1.29 is 9.59 Å². The van der Waals surface area contributed by atoms with Crippen molar-refractivity contribution in [3.63, 3.8) is 0 Å². The molecular formula is C11H20N2O2. The van der Waals surface area contributed by atoms with Crippen LogP contribution >= 0.6 is 0 Å². The average molecular weight is 212 g/mol. The fraction of sp³-hybridized carbons (Fsp3) is 0.818. The van der Waals surface area contributed by atoms with Crippen molar-refractivity contribution >= 4 is 11.8 Å². The molecule has 4 heteroatoms. The van der Waals surface area contributed by atoms with Gasteiger partial charge in [0, 0.05) is 19.5 Å². The van der Waals surface area contributed by atoms with Crippen LogP contribution in [-0.4, -0.2) is 36.3 Å². The standard InChI is InChI=1S/C11H20N2O2/c1-8(2)9(3)7-13-5-4-10(14)12-6-11(13)15/h8-9H,4-7H2,1-3H3,(H,12,14). The van der Waals surface area contributed by atoms with Gasteiger partial charge in [-0.05, 0) is 11.8 Å². The number of nitrogens with zero attached hydrogens (tertiary/aromatic N) is 1. The molecule has 0 radical (unpaired) electrons. The summed E-state index contributed by atoms with van der Waals surface area (Å²) >= 11 is 0. The Balaban J connectivity index is 2.52. The smallest absolute Gasteiger partial charge is 0.241 e. The highest BCUT2D eigenvalue weighted by molar-refractivity contribution is 5.87. The van der Waals surface area contributed by atoms with Crippen molar-refractivity contribution in [1.29, 1.82) is 0 Å². The maximum atomic E-state index is 11.6. The van der Waals surface area contributed by atoms with Crippen LogP contribution in [0, 0.1) is 11.8 Å². The molecule has 1 aliphatic rings. The average Bonchev–Trinajstić information content (AvgIpc) is 2.32. The van der Waals surface area contributed by atoms with E-state index in [-0.39, 0.29) is 18.4 Å². The maximum Gasteiger partial charge on any atom is 0.241 e. The zero-order valence-electron chi connectivity index (χ0n) is 9.75. The summed E-state index contributed by atoms with van der Waals surface area (Å²) in [5, 5.41) is 2.60. The van der Waals surface area contributed by atoms with Crippen LogP contribution in [0.4, 0.5) is 0 Å². The second kappa shape index (κ2) is 5.14. The third-order valence-corrected chi connectivity index (χ3v) is 3.04. The van der Waals surface area contributed by atoms with Crippen LogP contribution in [0.5, 0.6) is 0 Å². The van der Waals surface area contributed by atoms with Crippen molar-refractivity contribution in [3.05, 3.63) is 0 Å². The molecule has 1 aliphatic heterocycles. The molecule has 1 unspecified atom stereocenters. The number of carbonyl (C=O) groups excluding carboxylic acids is 2. The summed E-state index contributed by atoms with van der Waals surface area (Å²) in [6.45, 7) is 7.90. The van der Waals surface area contributed by atoms with Gasteiger partial charge in [0.25, 0.3) is 0 Å². The molecule has 0 aliphatic carbocycles. The summed E-state index contributed by atoms with van der Waals surface area (Å²) in [5.41, 5.74) is 0. The molecule has 1 fully saturated rings. The molecule has 0 aromatic heterocycles. The van der Waals surface area contributed by atoms with E-state index in [1.165, 1.54) is 0 Å². The first-order valence-electron chi connectivity index (χ1n) is 5.55. The Bertz CT molecular complexity index is 251. The lowest BCUT2D eigenvalue weighted by Crippen LogP contribution is -2.38. The van der Waals surface area contributed by atoms with E-state index in [0.717, 1.165) is 6.54 Å². The first-order chi connectivity index (χ1) is 7.00. The van der Waals surface area contributed by atoms with Gasteiger partial charge in [-0.15, -0.1) is 0 Å². The molecule has 2 amide bonds. The minimum Gasteiger partial charge on any atom is -0.347 e. The van der Waals surface area contributed by atoms with E-state index in [9.17, 15) is 9.59 Å². The van der Waals surface area contributed by atoms with Gasteiger partial charge in [0.15, 0.2) is 0 Å². The lowest BCUT2D eigenvalue weighted by molar-refractivity contribution is -0.130. The largest absolute Gasteiger partial charge is 0.347 e. The van der Waals surface area contributed by atoms with Gasteiger partial charge in [0.2, 0.25) is 11.8 Å². The molecule has 1 atom stereocenters. The topological polar surface area (TPSA) is 49.4 Å². The lowest BCUT2D eigenvalue weighted by atomic mass is 9.97. The van der Waals surface area contributed by atoms with Crippen molar-refractivity contribution in [2.45, 2.75) is 27.2 Å². The second-order valence-electron chi connectivity index (χ2n) is 4.59. The van der Waals surface area contributed by atoms with Gasteiger partial charge in [0.05, 0.1) is 6.54 Å². The van der Waals surface area contributed by atoms with Crippen molar-refractivity contribution in [1.82, 2.24) is 10.2 Å². The number of nitrogens with one attached hydrogen (secondary N) is 1. The van der Waals surface area contributed by atoms with Crippen LogP contribution in [0.1, 0.15) is 27.2 Å². The summed E-state index contributed by atoms with van der Waals surface area (Å²) in [4.78, 5) is 24.5. The van der Waals surface area contributed by atoms with Gasteiger partial charge in [-0.25, -0.2) is 0 Å². The minimum atomic E-state index is -0.0250. The van der Waals surface area contributed by atoms with Crippen molar-refractivity contribution in [3.8, 4) is 0 Å². The fourth-order valence-corrected chi connectivity index (χ4v) is 1.49. The van der Waals surface area contributed by atoms with E-state index in [4.69, 9.17) is 0 Å². The van der Waals surface area contributed by atoms with Crippen molar-refractivity contribution in [2.24, 2.45) is 11.8 Å². The normalized spacial score (nSPS) is 20.1. The van der Waals surface area contributed by atoms with Crippen LogP contribution in [0.15, 0.2) is 0 Å². The Morgan fingerprint density at radius 1 is 1.33 bits per heavy atom. The van der Waals surface area contributed by atoms with Crippen molar-refractivity contribution in [2.75, 3.05) is 19.6 Å².